The van der Waals surface area contributed by atoms with E-state index in [1.54, 1.807) is 6.21 Å². The molecule has 0 aliphatic heterocycles. The highest BCUT2D eigenvalue weighted by Gasteiger charge is 2.08. The van der Waals surface area contributed by atoms with Gasteiger partial charge in [-0.25, -0.2) is 9.67 Å². The third-order valence-corrected chi connectivity index (χ3v) is 4.34. The van der Waals surface area contributed by atoms with E-state index in [0.717, 1.165) is 21.6 Å². The second-order valence-corrected chi connectivity index (χ2v) is 6.30. The summed E-state index contributed by atoms with van der Waals surface area (Å²) in [5.74, 6) is 0. The standard InChI is InChI=1S/C18H14N6S/c1-2-7-14(8-3-1)9-6-12-19-18-22-21-17(25-18)13-24-16-11-5-4-10-15(16)20-23-24/h1-12H,13H2/b9-6+,19-12+. The molecule has 0 saturated carbocycles. The molecule has 6 nitrogen and oxygen atoms in total. The molecule has 2 heterocycles. The molecule has 0 aliphatic carbocycles. The molecule has 2 aromatic heterocycles. The van der Waals surface area contributed by atoms with E-state index < -0.39 is 0 Å². The number of fused-ring (bicyclic) bond motifs is 1. The second kappa shape index (κ2) is 7.14. The highest BCUT2D eigenvalue weighted by Crippen LogP contribution is 2.20. The molecule has 0 N–H and O–H groups in total. The molecule has 0 amide bonds. The summed E-state index contributed by atoms with van der Waals surface area (Å²) in [7, 11) is 0. The number of benzene rings is 2. The predicted octanol–water partition coefficient (Wildman–Crippen LogP) is 3.75. The van der Waals surface area contributed by atoms with E-state index in [1.165, 1.54) is 11.3 Å². The Labute approximate surface area is 148 Å². The van der Waals surface area contributed by atoms with Crippen molar-refractivity contribution in [3.05, 3.63) is 71.2 Å². The summed E-state index contributed by atoms with van der Waals surface area (Å²) in [6.07, 6.45) is 5.61. The van der Waals surface area contributed by atoms with Gasteiger partial charge in [0.25, 0.3) is 0 Å². The fraction of sp³-hybridized carbons (Fsp3) is 0.0556. The lowest BCUT2D eigenvalue weighted by Crippen LogP contribution is -2.01. The van der Waals surface area contributed by atoms with Gasteiger partial charge in [-0.2, -0.15) is 0 Å². The number of para-hydroxylation sites is 1. The van der Waals surface area contributed by atoms with Gasteiger partial charge in [-0.15, -0.1) is 15.3 Å². The first-order valence-corrected chi connectivity index (χ1v) is 8.56. The molecule has 0 saturated heterocycles. The molecule has 2 aromatic carbocycles. The zero-order chi connectivity index (χ0) is 16.9. The van der Waals surface area contributed by atoms with Gasteiger partial charge in [0.1, 0.15) is 10.5 Å². The van der Waals surface area contributed by atoms with Crippen molar-refractivity contribution in [2.45, 2.75) is 6.54 Å². The average Bonchev–Trinajstić information content (AvgIpc) is 3.27. The number of nitrogens with zero attached hydrogens (tertiary/aromatic N) is 6. The van der Waals surface area contributed by atoms with Crippen molar-refractivity contribution in [2.24, 2.45) is 4.99 Å². The maximum absolute atomic E-state index is 4.32. The van der Waals surface area contributed by atoms with Gasteiger partial charge in [-0.3, -0.25) is 0 Å². The monoisotopic (exact) mass is 346 g/mol. The maximum Gasteiger partial charge on any atom is 0.231 e. The third-order valence-electron chi connectivity index (χ3n) is 3.52. The third kappa shape index (κ3) is 3.67. The Bertz CT molecular complexity index is 1030. The van der Waals surface area contributed by atoms with Crippen LogP contribution in [0.2, 0.25) is 0 Å². The molecule has 0 atom stereocenters. The number of rotatable bonds is 5. The van der Waals surface area contributed by atoms with Crippen molar-refractivity contribution < 1.29 is 0 Å². The van der Waals surface area contributed by atoms with Crippen molar-refractivity contribution in [1.29, 1.82) is 0 Å². The molecule has 4 aromatic rings. The molecule has 0 spiro atoms. The minimum atomic E-state index is 0.535. The summed E-state index contributed by atoms with van der Waals surface area (Å²) in [4.78, 5) is 4.32. The summed E-state index contributed by atoms with van der Waals surface area (Å²) in [6, 6.07) is 17.9. The van der Waals surface area contributed by atoms with E-state index >= 15 is 0 Å². The van der Waals surface area contributed by atoms with Crippen LogP contribution in [0.3, 0.4) is 0 Å². The molecule has 0 bridgehead atoms. The summed E-state index contributed by atoms with van der Waals surface area (Å²) < 4.78 is 1.82. The zero-order valence-corrected chi connectivity index (χ0v) is 14.0. The van der Waals surface area contributed by atoms with Crippen LogP contribution in [0.15, 0.2) is 65.7 Å². The Morgan fingerprint density at radius 1 is 0.960 bits per heavy atom. The molecule has 25 heavy (non-hydrogen) atoms. The molecule has 0 radical (unpaired) electrons. The molecular weight excluding hydrogens is 332 g/mol. The van der Waals surface area contributed by atoms with Crippen molar-refractivity contribution in [1.82, 2.24) is 25.2 Å². The Hall–Kier alpha value is -3.19. The first kappa shape index (κ1) is 15.3. The Morgan fingerprint density at radius 2 is 1.80 bits per heavy atom. The number of hydrogen-bond acceptors (Lipinski definition) is 6. The topological polar surface area (TPSA) is 68.8 Å². The van der Waals surface area contributed by atoms with Crippen LogP contribution >= 0.6 is 11.3 Å². The van der Waals surface area contributed by atoms with E-state index in [0.29, 0.717) is 11.7 Å². The predicted molar refractivity (Wildman–Crippen MR) is 100 cm³/mol. The largest absolute Gasteiger partial charge is 0.238 e. The quantitative estimate of drug-likeness (QED) is 0.516. The van der Waals surface area contributed by atoms with Gasteiger partial charge in [0.2, 0.25) is 5.13 Å². The smallest absolute Gasteiger partial charge is 0.231 e. The summed E-state index contributed by atoms with van der Waals surface area (Å²) in [5, 5.41) is 18.0. The van der Waals surface area contributed by atoms with Crippen molar-refractivity contribution in [3.8, 4) is 0 Å². The number of aliphatic imine (C=N–C) groups is 1. The van der Waals surface area contributed by atoms with Crippen LogP contribution in [-0.4, -0.2) is 31.4 Å². The van der Waals surface area contributed by atoms with E-state index in [-0.39, 0.29) is 0 Å². The van der Waals surface area contributed by atoms with Gasteiger partial charge in [-0.1, -0.05) is 65.1 Å². The molecule has 0 unspecified atom stereocenters. The Morgan fingerprint density at radius 3 is 2.72 bits per heavy atom. The van der Waals surface area contributed by atoms with E-state index in [4.69, 9.17) is 0 Å². The molecule has 122 valence electrons. The highest BCUT2D eigenvalue weighted by atomic mass is 32.1. The lowest BCUT2D eigenvalue weighted by Gasteiger charge is -1.96. The van der Waals surface area contributed by atoms with Crippen molar-refractivity contribution >= 4 is 39.8 Å². The van der Waals surface area contributed by atoms with Gasteiger partial charge >= 0.3 is 0 Å². The van der Waals surface area contributed by atoms with Crippen LogP contribution < -0.4 is 0 Å². The van der Waals surface area contributed by atoms with Gasteiger partial charge in [-0.05, 0) is 23.8 Å². The maximum atomic E-state index is 4.32. The minimum Gasteiger partial charge on any atom is -0.238 e. The summed E-state index contributed by atoms with van der Waals surface area (Å²) in [6.45, 7) is 0.535. The second-order valence-electron chi connectivity index (χ2n) is 5.26. The first-order chi connectivity index (χ1) is 12.4. The zero-order valence-electron chi connectivity index (χ0n) is 13.2. The minimum absolute atomic E-state index is 0.535. The molecular formula is C18H14N6S. The lowest BCUT2D eigenvalue weighted by molar-refractivity contribution is 0.662. The Kier molecular flexibility index (Phi) is 4.38. The number of hydrogen-bond donors (Lipinski definition) is 0. The Balaban J connectivity index is 1.43. The van der Waals surface area contributed by atoms with Gasteiger partial charge in [0, 0.05) is 6.21 Å². The van der Waals surface area contributed by atoms with Crippen LogP contribution in [0, 0.1) is 0 Å². The summed E-state index contributed by atoms with van der Waals surface area (Å²) in [5.41, 5.74) is 2.98. The lowest BCUT2D eigenvalue weighted by atomic mass is 10.2. The molecule has 0 aliphatic rings. The van der Waals surface area contributed by atoms with E-state index in [2.05, 4.69) is 25.5 Å². The summed E-state index contributed by atoms with van der Waals surface area (Å²) >= 11 is 1.44. The normalized spacial score (nSPS) is 11.8. The molecule has 4 rings (SSSR count). The van der Waals surface area contributed by atoms with Crippen LogP contribution in [0.25, 0.3) is 17.1 Å². The highest BCUT2D eigenvalue weighted by molar-refractivity contribution is 7.14. The van der Waals surface area contributed by atoms with Crippen LogP contribution in [0.5, 0.6) is 0 Å². The van der Waals surface area contributed by atoms with Crippen molar-refractivity contribution in [3.63, 3.8) is 0 Å². The van der Waals surface area contributed by atoms with Gasteiger partial charge in [0.15, 0.2) is 0 Å². The van der Waals surface area contributed by atoms with Crippen LogP contribution in [-0.2, 0) is 6.54 Å². The number of aromatic nitrogens is 5. The van der Waals surface area contributed by atoms with E-state index in [1.807, 2.05) is 71.4 Å². The van der Waals surface area contributed by atoms with Crippen LogP contribution in [0.4, 0.5) is 5.13 Å². The average molecular weight is 346 g/mol. The molecule has 0 fully saturated rings. The first-order valence-electron chi connectivity index (χ1n) is 7.75. The van der Waals surface area contributed by atoms with E-state index in [9.17, 15) is 0 Å². The van der Waals surface area contributed by atoms with Crippen LogP contribution in [0.1, 0.15) is 10.6 Å². The van der Waals surface area contributed by atoms with Gasteiger partial charge in [0.05, 0.1) is 12.1 Å². The fourth-order valence-corrected chi connectivity index (χ4v) is 3.02. The molecule has 7 heteroatoms. The SMILES string of the molecule is C(=C\c1ccccc1)/C=N/c1nnc(Cn2nnc3ccccc32)s1. The fourth-order valence-electron chi connectivity index (χ4n) is 2.35. The van der Waals surface area contributed by atoms with Crippen molar-refractivity contribution in [2.75, 3.05) is 0 Å². The van der Waals surface area contributed by atoms with Gasteiger partial charge < -0.3 is 0 Å². The number of allylic oxidation sites excluding steroid dienone is 1.